The summed E-state index contributed by atoms with van der Waals surface area (Å²) in [4.78, 5) is 24.6. The lowest BCUT2D eigenvalue weighted by atomic mass is 10.0. The maximum Gasteiger partial charge on any atom is 0.305 e. The van der Waals surface area contributed by atoms with Crippen molar-refractivity contribution in [2.75, 3.05) is 13.2 Å². The highest BCUT2D eigenvalue weighted by molar-refractivity contribution is 5.76. The quantitative estimate of drug-likeness (QED) is 0.0321. The first-order valence-corrected chi connectivity index (χ1v) is 31.2. The van der Waals surface area contributed by atoms with Gasteiger partial charge in [-0.1, -0.05) is 275 Å². The summed E-state index contributed by atoms with van der Waals surface area (Å²) in [6, 6.07) is -0.552. The van der Waals surface area contributed by atoms with Gasteiger partial charge in [-0.2, -0.15) is 0 Å². The van der Waals surface area contributed by atoms with Crippen LogP contribution in [-0.2, 0) is 14.3 Å². The number of rotatable bonds is 58. The number of unbranched alkanes of at least 4 members (excludes halogenated alkanes) is 41. The molecule has 0 aliphatic carbocycles. The Hall–Kier alpha value is -1.92. The minimum Gasteiger partial charge on any atom is -0.466 e. The predicted molar refractivity (Wildman–Crippen MR) is 306 cm³/mol. The molecule has 0 bridgehead atoms. The third kappa shape index (κ3) is 55.4. The van der Waals surface area contributed by atoms with E-state index in [-0.39, 0.29) is 18.5 Å². The molecule has 0 aromatic heterocycles. The molecule has 0 aliphatic heterocycles. The van der Waals surface area contributed by atoms with Crippen LogP contribution in [0.3, 0.4) is 0 Å². The van der Waals surface area contributed by atoms with Crippen LogP contribution in [0.1, 0.15) is 335 Å². The average Bonchev–Trinajstić information content (AvgIpc) is 3.36. The number of aliphatic hydroxyl groups excluding tert-OH is 2. The molecule has 0 aromatic rings. The molecule has 6 nitrogen and oxygen atoms in total. The van der Waals surface area contributed by atoms with E-state index in [0.29, 0.717) is 25.9 Å². The van der Waals surface area contributed by atoms with Crippen LogP contribution in [0.25, 0.3) is 0 Å². The van der Waals surface area contributed by atoms with Gasteiger partial charge in [-0.25, -0.2) is 0 Å². The Morgan fingerprint density at radius 2 is 0.714 bits per heavy atom. The second-order valence-corrected chi connectivity index (χ2v) is 21.4. The largest absolute Gasteiger partial charge is 0.466 e. The van der Waals surface area contributed by atoms with Crippen molar-refractivity contribution in [1.29, 1.82) is 0 Å². The van der Waals surface area contributed by atoms with Gasteiger partial charge < -0.3 is 20.3 Å². The number of aliphatic hydroxyl groups is 2. The van der Waals surface area contributed by atoms with E-state index in [0.717, 1.165) is 64.2 Å². The van der Waals surface area contributed by atoms with Gasteiger partial charge in [0.2, 0.25) is 5.91 Å². The van der Waals surface area contributed by atoms with Crippen LogP contribution < -0.4 is 5.32 Å². The zero-order valence-electron chi connectivity index (χ0n) is 47.0. The molecule has 0 heterocycles. The highest BCUT2D eigenvalue weighted by Crippen LogP contribution is 2.17. The fraction of sp³-hybridized carbons (Fsp3) is 0.875. The number of nitrogens with one attached hydrogen (secondary N) is 1. The van der Waals surface area contributed by atoms with Gasteiger partial charge >= 0.3 is 5.97 Å². The summed E-state index contributed by atoms with van der Waals surface area (Å²) in [6.07, 6.45) is 74.3. The highest BCUT2D eigenvalue weighted by Gasteiger charge is 2.20. The van der Waals surface area contributed by atoms with Crippen LogP contribution in [0, 0.1) is 0 Å². The molecule has 6 heteroatoms. The van der Waals surface area contributed by atoms with Gasteiger partial charge in [0, 0.05) is 12.8 Å². The molecule has 0 saturated heterocycles. The summed E-state index contributed by atoms with van der Waals surface area (Å²) < 4.78 is 5.47. The number of carbonyl (C=O) groups is 2. The Bertz CT molecular complexity index is 1130. The first kappa shape index (κ1) is 68.1. The molecular formula is C64H121NO5. The molecule has 0 aromatic carbocycles. The van der Waals surface area contributed by atoms with Gasteiger partial charge in [-0.3, -0.25) is 9.59 Å². The maximum absolute atomic E-state index is 12.5. The second kappa shape index (κ2) is 59.6. The van der Waals surface area contributed by atoms with Crippen LogP contribution in [0.2, 0.25) is 0 Å². The number of esters is 1. The van der Waals surface area contributed by atoms with E-state index in [1.807, 2.05) is 0 Å². The predicted octanol–water partition coefficient (Wildman–Crippen LogP) is 19.6. The van der Waals surface area contributed by atoms with E-state index >= 15 is 0 Å². The number of amides is 1. The monoisotopic (exact) mass is 984 g/mol. The summed E-state index contributed by atoms with van der Waals surface area (Å²) in [7, 11) is 0. The molecule has 0 saturated carbocycles. The van der Waals surface area contributed by atoms with E-state index < -0.39 is 12.1 Å². The molecule has 2 unspecified atom stereocenters. The molecule has 0 spiro atoms. The smallest absolute Gasteiger partial charge is 0.305 e. The van der Waals surface area contributed by atoms with Crippen molar-refractivity contribution in [1.82, 2.24) is 5.32 Å². The van der Waals surface area contributed by atoms with Crippen molar-refractivity contribution < 1.29 is 24.5 Å². The van der Waals surface area contributed by atoms with Gasteiger partial charge in [0.15, 0.2) is 0 Å². The van der Waals surface area contributed by atoms with Crippen LogP contribution >= 0.6 is 0 Å². The van der Waals surface area contributed by atoms with Crippen molar-refractivity contribution in [3.05, 3.63) is 36.5 Å². The summed E-state index contributed by atoms with van der Waals surface area (Å²) in [5.74, 6) is -0.0599. The number of hydrogen-bond donors (Lipinski definition) is 3. The fourth-order valence-electron chi connectivity index (χ4n) is 9.61. The van der Waals surface area contributed by atoms with Crippen LogP contribution in [0.15, 0.2) is 36.5 Å². The highest BCUT2D eigenvalue weighted by atomic mass is 16.5. The lowest BCUT2D eigenvalue weighted by molar-refractivity contribution is -0.143. The zero-order chi connectivity index (χ0) is 50.7. The standard InChI is InChI=1S/C64H121NO5/c1-3-5-7-9-11-13-15-17-19-21-22-23-25-28-32-36-40-44-48-52-56-62(67)61(60-66)65-63(68)57-53-49-45-41-37-33-29-26-24-27-31-35-39-43-47-51-55-59-70-64(69)58-54-50-46-42-38-34-30-20-18-16-14-12-10-8-6-4-2/h14,16,20,24,27,30,61-62,66-67H,3-13,15,17-19,21-23,25-26,28-29,31-60H2,1-2H3,(H,65,68)/b16-14-,27-24-,30-20-. The van der Waals surface area contributed by atoms with Crippen LogP contribution in [0.5, 0.6) is 0 Å². The Balaban J connectivity index is 3.46. The van der Waals surface area contributed by atoms with Gasteiger partial charge in [0.25, 0.3) is 0 Å². The Morgan fingerprint density at radius 3 is 1.11 bits per heavy atom. The van der Waals surface area contributed by atoms with Crippen molar-refractivity contribution in [3.8, 4) is 0 Å². The van der Waals surface area contributed by atoms with Crippen LogP contribution in [0.4, 0.5) is 0 Å². The van der Waals surface area contributed by atoms with Crippen molar-refractivity contribution in [3.63, 3.8) is 0 Å². The lowest BCUT2D eigenvalue weighted by Gasteiger charge is -2.22. The number of allylic oxidation sites excluding steroid dienone is 6. The molecule has 70 heavy (non-hydrogen) atoms. The average molecular weight is 985 g/mol. The maximum atomic E-state index is 12.5. The van der Waals surface area contributed by atoms with Crippen molar-refractivity contribution >= 4 is 11.9 Å². The van der Waals surface area contributed by atoms with Gasteiger partial charge in [-0.05, 0) is 83.5 Å². The van der Waals surface area contributed by atoms with Gasteiger partial charge in [0.1, 0.15) is 0 Å². The molecule has 0 rings (SSSR count). The Morgan fingerprint density at radius 1 is 0.400 bits per heavy atom. The molecule has 1 amide bonds. The molecular weight excluding hydrogens is 863 g/mol. The summed E-state index contributed by atoms with van der Waals surface area (Å²) in [6.45, 7) is 4.93. The summed E-state index contributed by atoms with van der Waals surface area (Å²) >= 11 is 0. The van der Waals surface area contributed by atoms with Gasteiger partial charge in [-0.15, -0.1) is 0 Å². The van der Waals surface area contributed by atoms with E-state index in [1.165, 1.54) is 238 Å². The topological polar surface area (TPSA) is 95.9 Å². The second-order valence-electron chi connectivity index (χ2n) is 21.4. The number of ether oxygens (including phenoxy) is 1. The molecule has 2 atom stereocenters. The van der Waals surface area contributed by atoms with E-state index in [4.69, 9.17) is 4.74 Å². The lowest BCUT2D eigenvalue weighted by Crippen LogP contribution is -2.45. The number of carbonyl (C=O) groups excluding carboxylic acids is 2. The summed E-state index contributed by atoms with van der Waals surface area (Å²) in [5.41, 5.74) is 0. The fourth-order valence-corrected chi connectivity index (χ4v) is 9.61. The van der Waals surface area contributed by atoms with Crippen LogP contribution in [-0.4, -0.2) is 47.4 Å². The molecule has 412 valence electrons. The third-order valence-corrected chi connectivity index (χ3v) is 14.4. The minimum absolute atomic E-state index is 0.0149. The Labute approximate surface area is 436 Å². The van der Waals surface area contributed by atoms with E-state index in [9.17, 15) is 19.8 Å². The third-order valence-electron chi connectivity index (χ3n) is 14.4. The molecule has 0 fully saturated rings. The van der Waals surface area contributed by atoms with Crippen molar-refractivity contribution in [2.24, 2.45) is 0 Å². The van der Waals surface area contributed by atoms with Crippen molar-refractivity contribution in [2.45, 2.75) is 347 Å². The first-order chi connectivity index (χ1) is 34.5. The minimum atomic E-state index is -0.674. The zero-order valence-corrected chi connectivity index (χ0v) is 47.0. The van der Waals surface area contributed by atoms with Gasteiger partial charge in [0.05, 0.1) is 25.4 Å². The Kier molecular flexibility index (Phi) is 58.0. The van der Waals surface area contributed by atoms with E-state index in [2.05, 4.69) is 55.6 Å². The molecule has 0 radical (unpaired) electrons. The molecule has 3 N–H and O–H groups in total. The summed E-state index contributed by atoms with van der Waals surface area (Å²) in [5, 5.41) is 23.4. The SMILES string of the molecule is CCCCCC/C=C\C/C=C\CCCCCCCC(=O)OCCCCCCCC/C=C\CCCCCCCCCC(=O)NC(CO)C(O)CCCCCCCCCCCCCCCCCCCCCC. The van der Waals surface area contributed by atoms with E-state index in [1.54, 1.807) is 0 Å². The normalized spacial score (nSPS) is 12.8. The first-order valence-electron chi connectivity index (χ1n) is 31.2. The number of hydrogen-bond acceptors (Lipinski definition) is 5. The molecule has 0 aliphatic rings.